The molecule has 1 aliphatic rings. The molecule has 160 valence electrons. The molecule has 0 saturated heterocycles. The van der Waals surface area contributed by atoms with Crippen LogP contribution in [0, 0.1) is 0 Å². The maximum Gasteiger partial charge on any atom is 0.191 e. The van der Waals surface area contributed by atoms with Crippen LogP contribution < -0.4 is 15.4 Å². The van der Waals surface area contributed by atoms with Gasteiger partial charge in [-0.2, -0.15) is 0 Å². The van der Waals surface area contributed by atoms with Gasteiger partial charge in [-0.1, -0.05) is 37.2 Å². The number of ether oxygens (including phenoxy) is 1. The first kappa shape index (κ1) is 23.5. The number of halogens is 1. The molecule has 1 heterocycles. The lowest BCUT2D eigenvalue weighted by molar-refractivity contribution is 0.208. The zero-order chi connectivity index (χ0) is 19.8. The van der Waals surface area contributed by atoms with Gasteiger partial charge < -0.3 is 19.9 Å². The van der Waals surface area contributed by atoms with Crippen molar-refractivity contribution in [3.05, 3.63) is 46.8 Å². The van der Waals surface area contributed by atoms with Crippen molar-refractivity contribution < 1.29 is 9.26 Å². The van der Waals surface area contributed by atoms with Crippen LogP contribution in [0.15, 0.2) is 33.8 Å². The van der Waals surface area contributed by atoms with Crippen LogP contribution in [0.2, 0.25) is 0 Å². The summed E-state index contributed by atoms with van der Waals surface area (Å²) >= 11 is 0. The molecule has 0 aliphatic heterocycles. The van der Waals surface area contributed by atoms with Crippen molar-refractivity contribution in [1.29, 1.82) is 0 Å². The zero-order valence-corrected chi connectivity index (χ0v) is 20.0. The molecule has 0 radical (unpaired) electrons. The molecule has 0 spiro atoms. The maximum atomic E-state index is 6.23. The highest BCUT2D eigenvalue weighted by Crippen LogP contribution is 2.26. The Balaban J connectivity index is 0.00000300. The second kappa shape index (κ2) is 12.0. The van der Waals surface area contributed by atoms with Gasteiger partial charge in [0.1, 0.15) is 11.5 Å². The standard InChI is InChI=1S/C22H32N4O2.HI/c1-4-19-18(20(5-2)28-26-19)15-25-22(23-3)24-14-16-10-6-9-13-21(16)27-17-11-7-8-12-17;/h6,9-10,13,17H,4-5,7-8,11-12,14-15H2,1-3H3,(H2,23,24,25);1H. The molecule has 1 saturated carbocycles. The van der Waals surface area contributed by atoms with Crippen LogP contribution in [0.3, 0.4) is 0 Å². The molecule has 0 amide bonds. The number of nitrogens with one attached hydrogen (secondary N) is 2. The fourth-order valence-corrected chi connectivity index (χ4v) is 3.66. The summed E-state index contributed by atoms with van der Waals surface area (Å²) in [4.78, 5) is 4.35. The number of para-hydroxylation sites is 1. The Morgan fingerprint density at radius 1 is 1.14 bits per heavy atom. The number of aryl methyl sites for hydroxylation is 2. The van der Waals surface area contributed by atoms with E-state index in [1.807, 2.05) is 12.1 Å². The summed E-state index contributed by atoms with van der Waals surface area (Å²) in [5.41, 5.74) is 3.29. The van der Waals surface area contributed by atoms with Crippen LogP contribution in [-0.2, 0) is 25.9 Å². The highest BCUT2D eigenvalue weighted by Gasteiger charge is 2.18. The van der Waals surface area contributed by atoms with Gasteiger partial charge in [-0.3, -0.25) is 4.99 Å². The topological polar surface area (TPSA) is 71.7 Å². The Bertz CT molecular complexity index is 763. The number of rotatable bonds is 8. The molecular weight excluding hydrogens is 479 g/mol. The van der Waals surface area contributed by atoms with E-state index < -0.39 is 0 Å². The van der Waals surface area contributed by atoms with E-state index in [4.69, 9.17) is 9.26 Å². The molecule has 29 heavy (non-hydrogen) atoms. The molecule has 2 aromatic rings. The minimum absolute atomic E-state index is 0. The van der Waals surface area contributed by atoms with Gasteiger partial charge in [0, 0.05) is 37.7 Å². The lowest BCUT2D eigenvalue weighted by Gasteiger charge is -2.18. The van der Waals surface area contributed by atoms with E-state index in [-0.39, 0.29) is 24.0 Å². The van der Waals surface area contributed by atoms with Crippen LogP contribution in [-0.4, -0.2) is 24.3 Å². The summed E-state index contributed by atoms with van der Waals surface area (Å²) in [6.45, 7) is 5.48. The lowest BCUT2D eigenvalue weighted by atomic mass is 10.1. The van der Waals surface area contributed by atoms with E-state index in [1.54, 1.807) is 7.05 Å². The van der Waals surface area contributed by atoms with E-state index in [1.165, 1.54) is 12.8 Å². The van der Waals surface area contributed by atoms with Crippen LogP contribution in [0.25, 0.3) is 0 Å². The Morgan fingerprint density at radius 2 is 1.86 bits per heavy atom. The van der Waals surface area contributed by atoms with Crippen molar-refractivity contribution in [3.63, 3.8) is 0 Å². The molecule has 1 fully saturated rings. The van der Waals surface area contributed by atoms with Gasteiger partial charge in [0.25, 0.3) is 0 Å². The molecule has 0 unspecified atom stereocenters. The fraction of sp³-hybridized carbons (Fsp3) is 0.545. The van der Waals surface area contributed by atoms with Crippen LogP contribution in [0.5, 0.6) is 5.75 Å². The monoisotopic (exact) mass is 512 g/mol. The Hall–Kier alpha value is -1.77. The average Bonchev–Trinajstić information content (AvgIpc) is 3.38. The van der Waals surface area contributed by atoms with E-state index >= 15 is 0 Å². The van der Waals surface area contributed by atoms with Crippen molar-refractivity contribution in [2.75, 3.05) is 7.05 Å². The van der Waals surface area contributed by atoms with E-state index in [9.17, 15) is 0 Å². The molecule has 3 rings (SSSR count). The first-order valence-corrected chi connectivity index (χ1v) is 10.4. The quantitative estimate of drug-likeness (QED) is 0.307. The first-order chi connectivity index (χ1) is 13.7. The number of aliphatic imine (C=N–C) groups is 1. The second-order valence-electron chi connectivity index (χ2n) is 7.15. The summed E-state index contributed by atoms with van der Waals surface area (Å²) in [5.74, 6) is 2.66. The maximum absolute atomic E-state index is 6.23. The smallest absolute Gasteiger partial charge is 0.191 e. The van der Waals surface area contributed by atoms with Crippen molar-refractivity contribution in [3.8, 4) is 5.75 Å². The molecule has 7 heteroatoms. The summed E-state index contributed by atoms with van der Waals surface area (Å²) in [6.07, 6.45) is 6.90. The Kier molecular flexibility index (Phi) is 9.76. The summed E-state index contributed by atoms with van der Waals surface area (Å²) in [5, 5.41) is 10.9. The fourth-order valence-electron chi connectivity index (χ4n) is 3.66. The van der Waals surface area contributed by atoms with Crippen LogP contribution >= 0.6 is 24.0 Å². The van der Waals surface area contributed by atoms with Gasteiger partial charge in [0.05, 0.1) is 11.8 Å². The highest BCUT2D eigenvalue weighted by atomic mass is 127. The van der Waals surface area contributed by atoms with E-state index in [0.717, 1.165) is 60.0 Å². The van der Waals surface area contributed by atoms with Gasteiger partial charge in [-0.25, -0.2) is 0 Å². The third-order valence-electron chi connectivity index (χ3n) is 5.28. The van der Waals surface area contributed by atoms with Crippen LogP contribution in [0.1, 0.15) is 62.1 Å². The molecular formula is C22H33IN4O2. The average molecular weight is 512 g/mol. The largest absolute Gasteiger partial charge is 0.490 e. The summed E-state index contributed by atoms with van der Waals surface area (Å²) in [7, 11) is 1.78. The first-order valence-electron chi connectivity index (χ1n) is 10.4. The van der Waals surface area contributed by atoms with Crippen LogP contribution in [0.4, 0.5) is 0 Å². The van der Waals surface area contributed by atoms with Gasteiger partial charge in [-0.05, 0) is 38.2 Å². The SMILES string of the molecule is CCc1noc(CC)c1CNC(=NC)NCc1ccccc1OC1CCCC1.I. The van der Waals surface area contributed by atoms with Gasteiger partial charge in [0.2, 0.25) is 0 Å². The third kappa shape index (κ3) is 6.35. The third-order valence-corrected chi connectivity index (χ3v) is 5.28. The van der Waals surface area contributed by atoms with Gasteiger partial charge >= 0.3 is 0 Å². The summed E-state index contributed by atoms with van der Waals surface area (Å²) in [6, 6.07) is 8.25. The molecule has 0 bridgehead atoms. The number of guanidine groups is 1. The molecule has 6 nitrogen and oxygen atoms in total. The molecule has 1 aromatic heterocycles. The van der Waals surface area contributed by atoms with Crippen molar-refractivity contribution in [2.24, 2.45) is 4.99 Å². The Morgan fingerprint density at radius 3 is 2.55 bits per heavy atom. The van der Waals surface area contributed by atoms with Gasteiger partial charge in [-0.15, -0.1) is 24.0 Å². The highest BCUT2D eigenvalue weighted by molar-refractivity contribution is 14.0. The predicted molar refractivity (Wildman–Crippen MR) is 127 cm³/mol. The second-order valence-corrected chi connectivity index (χ2v) is 7.15. The van der Waals surface area contributed by atoms with Crippen molar-refractivity contribution in [1.82, 2.24) is 15.8 Å². The van der Waals surface area contributed by atoms with Crippen molar-refractivity contribution >= 4 is 29.9 Å². The van der Waals surface area contributed by atoms with Gasteiger partial charge in [0.15, 0.2) is 5.96 Å². The minimum Gasteiger partial charge on any atom is -0.490 e. The van der Waals surface area contributed by atoms with E-state index in [0.29, 0.717) is 19.2 Å². The Labute approximate surface area is 190 Å². The van der Waals surface area contributed by atoms with Crippen molar-refractivity contribution in [2.45, 2.75) is 71.6 Å². The number of hydrogen-bond donors (Lipinski definition) is 2. The van der Waals surface area contributed by atoms with E-state index in [2.05, 4.69) is 46.8 Å². The number of hydrogen-bond acceptors (Lipinski definition) is 4. The molecule has 0 atom stereocenters. The minimum atomic E-state index is 0. The number of benzene rings is 1. The predicted octanol–water partition coefficient (Wildman–Crippen LogP) is 4.60. The molecule has 1 aromatic carbocycles. The number of nitrogens with zero attached hydrogens (tertiary/aromatic N) is 2. The molecule has 2 N–H and O–H groups in total. The number of aromatic nitrogens is 1. The summed E-state index contributed by atoms with van der Waals surface area (Å²) < 4.78 is 11.7. The molecule has 1 aliphatic carbocycles. The lowest BCUT2D eigenvalue weighted by Crippen LogP contribution is -2.36. The normalized spacial score (nSPS) is 14.5. The zero-order valence-electron chi connectivity index (χ0n) is 17.7.